The molecule has 1 fully saturated rings. The number of β-lactam (4-membered cyclic amide) rings is 1. The lowest BCUT2D eigenvalue weighted by Crippen LogP contribution is -2.70. The average molecular weight is 335 g/mol. The van der Waals surface area contributed by atoms with Crippen molar-refractivity contribution in [1.82, 2.24) is 15.2 Å². The number of carbonyl (C=O) groups is 3. The number of aliphatic hydroxyl groups excluding tert-OH is 1. The summed E-state index contributed by atoms with van der Waals surface area (Å²) in [6.07, 6.45) is 2.94. The van der Waals surface area contributed by atoms with Gasteiger partial charge in [0, 0.05) is 23.7 Å². The largest absolute Gasteiger partial charge is 0.477 e. The zero-order valence-corrected chi connectivity index (χ0v) is 12.6. The molecule has 8 nitrogen and oxygen atoms in total. The van der Waals surface area contributed by atoms with Gasteiger partial charge in [-0.15, -0.1) is 11.8 Å². The summed E-state index contributed by atoms with van der Waals surface area (Å²) in [5, 5.41) is 20.6. The molecule has 3 heterocycles. The maximum absolute atomic E-state index is 12.2. The van der Waals surface area contributed by atoms with Gasteiger partial charge in [-0.25, -0.2) is 4.79 Å². The Hall–Kier alpha value is -2.39. The standard InChI is InChI=1S/C14H13N3O5S/c18-5-8-6-23-13-9(12(20)17(13)10(8)14(21)22)16-11(19)7-1-3-15-4-2-7/h1-4,9,13,18H,5-6H2,(H,16,19)(H,21,22). The maximum Gasteiger partial charge on any atom is 0.352 e. The SMILES string of the molecule is O=C(O)C1=C(CO)CSC2C(NC(=O)c3ccncc3)C(=O)N12. The second kappa shape index (κ2) is 6.01. The summed E-state index contributed by atoms with van der Waals surface area (Å²) in [5.74, 6) is -1.87. The Kier molecular flexibility index (Phi) is 4.05. The van der Waals surface area contributed by atoms with E-state index in [4.69, 9.17) is 0 Å². The highest BCUT2D eigenvalue weighted by Gasteiger charge is 2.54. The van der Waals surface area contributed by atoms with E-state index in [1.165, 1.54) is 36.3 Å². The molecular weight excluding hydrogens is 322 g/mol. The van der Waals surface area contributed by atoms with Crippen molar-refractivity contribution in [1.29, 1.82) is 0 Å². The van der Waals surface area contributed by atoms with Crippen molar-refractivity contribution in [2.24, 2.45) is 0 Å². The van der Waals surface area contributed by atoms with Crippen LogP contribution in [-0.4, -0.2) is 61.7 Å². The molecule has 0 radical (unpaired) electrons. The first-order chi connectivity index (χ1) is 11.0. The first kappa shape index (κ1) is 15.5. The molecule has 0 bridgehead atoms. The van der Waals surface area contributed by atoms with Crippen molar-refractivity contribution in [2.45, 2.75) is 11.4 Å². The molecule has 1 saturated heterocycles. The molecule has 1 aromatic heterocycles. The summed E-state index contributed by atoms with van der Waals surface area (Å²) >= 11 is 1.31. The van der Waals surface area contributed by atoms with Crippen molar-refractivity contribution < 1.29 is 24.6 Å². The van der Waals surface area contributed by atoms with Crippen LogP contribution in [0.25, 0.3) is 0 Å². The quantitative estimate of drug-likeness (QED) is 0.630. The lowest BCUT2D eigenvalue weighted by Gasteiger charge is -2.49. The van der Waals surface area contributed by atoms with Crippen LogP contribution in [0.15, 0.2) is 35.8 Å². The van der Waals surface area contributed by atoms with Crippen LogP contribution in [0.4, 0.5) is 0 Å². The van der Waals surface area contributed by atoms with Gasteiger partial charge in [0.1, 0.15) is 17.1 Å². The van der Waals surface area contributed by atoms with Gasteiger partial charge in [-0.05, 0) is 17.7 Å². The van der Waals surface area contributed by atoms with Gasteiger partial charge < -0.3 is 15.5 Å². The molecule has 0 aliphatic carbocycles. The third kappa shape index (κ3) is 2.57. The number of rotatable bonds is 4. The number of carboxylic acids is 1. The number of amides is 2. The van der Waals surface area contributed by atoms with E-state index in [2.05, 4.69) is 10.3 Å². The average Bonchev–Trinajstić information content (AvgIpc) is 2.58. The minimum atomic E-state index is -1.26. The first-order valence-electron chi connectivity index (χ1n) is 6.76. The predicted octanol–water partition coefficient (Wildman–Crippen LogP) is -0.574. The molecule has 2 amide bonds. The fourth-order valence-corrected chi connectivity index (χ4v) is 3.87. The van der Waals surface area contributed by atoms with Crippen LogP contribution in [0.3, 0.4) is 0 Å². The van der Waals surface area contributed by atoms with E-state index < -0.39 is 35.8 Å². The molecule has 3 rings (SSSR count). The van der Waals surface area contributed by atoms with E-state index in [0.717, 1.165) is 4.90 Å². The first-order valence-corrected chi connectivity index (χ1v) is 7.81. The maximum atomic E-state index is 12.2. The number of fused-ring (bicyclic) bond motifs is 1. The molecule has 9 heteroatoms. The van der Waals surface area contributed by atoms with Crippen LogP contribution in [0.5, 0.6) is 0 Å². The highest BCUT2D eigenvalue weighted by molar-refractivity contribution is 8.00. The molecule has 0 saturated carbocycles. The van der Waals surface area contributed by atoms with E-state index in [1.807, 2.05) is 0 Å². The number of hydrogen-bond acceptors (Lipinski definition) is 6. The smallest absolute Gasteiger partial charge is 0.352 e. The summed E-state index contributed by atoms with van der Waals surface area (Å²) in [6, 6.07) is 2.27. The second-order valence-corrected chi connectivity index (χ2v) is 6.12. The Morgan fingerprint density at radius 1 is 1.39 bits per heavy atom. The number of aromatic nitrogens is 1. The zero-order chi connectivity index (χ0) is 16.6. The van der Waals surface area contributed by atoms with Gasteiger partial charge in [0.2, 0.25) is 0 Å². The highest BCUT2D eigenvalue weighted by Crippen LogP contribution is 2.40. The van der Waals surface area contributed by atoms with Crippen LogP contribution in [0, 0.1) is 0 Å². The molecule has 2 aliphatic rings. The number of aliphatic carboxylic acids is 1. The van der Waals surface area contributed by atoms with Crippen molar-refractivity contribution in [3.05, 3.63) is 41.4 Å². The number of thioether (sulfide) groups is 1. The molecule has 2 unspecified atom stereocenters. The summed E-state index contributed by atoms with van der Waals surface area (Å²) in [6.45, 7) is -0.417. The molecule has 1 aromatic rings. The molecule has 120 valence electrons. The normalized spacial score (nSPS) is 23.2. The predicted molar refractivity (Wildman–Crippen MR) is 80.3 cm³/mol. The minimum Gasteiger partial charge on any atom is -0.477 e. The van der Waals surface area contributed by atoms with E-state index in [-0.39, 0.29) is 5.70 Å². The highest BCUT2D eigenvalue weighted by atomic mass is 32.2. The van der Waals surface area contributed by atoms with E-state index in [9.17, 15) is 24.6 Å². The molecule has 2 aliphatic heterocycles. The van der Waals surface area contributed by atoms with Crippen LogP contribution in [-0.2, 0) is 9.59 Å². The molecule has 0 aromatic carbocycles. The second-order valence-electron chi connectivity index (χ2n) is 5.01. The van der Waals surface area contributed by atoms with Crippen molar-refractivity contribution in [2.75, 3.05) is 12.4 Å². The van der Waals surface area contributed by atoms with Crippen LogP contribution < -0.4 is 5.32 Å². The zero-order valence-electron chi connectivity index (χ0n) is 11.8. The van der Waals surface area contributed by atoms with Gasteiger partial charge in [0.25, 0.3) is 11.8 Å². The third-order valence-electron chi connectivity index (χ3n) is 3.67. The van der Waals surface area contributed by atoms with E-state index >= 15 is 0 Å². The van der Waals surface area contributed by atoms with Gasteiger partial charge in [0.15, 0.2) is 0 Å². The number of pyridine rings is 1. The van der Waals surface area contributed by atoms with Gasteiger partial charge >= 0.3 is 5.97 Å². The summed E-state index contributed by atoms with van der Waals surface area (Å²) < 4.78 is 0. The van der Waals surface area contributed by atoms with Crippen LogP contribution in [0.1, 0.15) is 10.4 Å². The molecule has 23 heavy (non-hydrogen) atoms. The number of nitrogens with zero attached hydrogens (tertiary/aromatic N) is 2. The fraction of sp³-hybridized carbons (Fsp3) is 0.286. The number of hydrogen-bond donors (Lipinski definition) is 3. The number of carbonyl (C=O) groups excluding carboxylic acids is 2. The lowest BCUT2D eigenvalue weighted by atomic mass is 10.0. The molecule has 0 spiro atoms. The number of aliphatic hydroxyl groups is 1. The Morgan fingerprint density at radius 2 is 2.09 bits per heavy atom. The topological polar surface area (TPSA) is 120 Å². The van der Waals surface area contributed by atoms with Crippen LogP contribution in [0.2, 0.25) is 0 Å². The Bertz CT molecular complexity index is 706. The monoisotopic (exact) mass is 335 g/mol. The van der Waals surface area contributed by atoms with Gasteiger partial charge in [-0.1, -0.05) is 0 Å². The summed E-state index contributed by atoms with van der Waals surface area (Å²) in [4.78, 5) is 40.6. The Labute approximate surface area is 135 Å². The summed E-state index contributed by atoms with van der Waals surface area (Å²) in [7, 11) is 0. The van der Waals surface area contributed by atoms with Gasteiger partial charge in [0.05, 0.1) is 6.61 Å². The number of nitrogens with one attached hydrogen (secondary N) is 1. The minimum absolute atomic E-state index is 0.185. The third-order valence-corrected chi connectivity index (χ3v) is 5.01. The Balaban J connectivity index is 1.77. The van der Waals surface area contributed by atoms with E-state index in [0.29, 0.717) is 16.9 Å². The number of carboxylic acid groups (broad SMARTS) is 1. The van der Waals surface area contributed by atoms with Gasteiger partial charge in [-0.3, -0.25) is 19.5 Å². The van der Waals surface area contributed by atoms with E-state index in [1.54, 1.807) is 0 Å². The van der Waals surface area contributed by atoms with Crippen molar-refractivity contribution >= 4 is 29.5 Å². The van der Waals surface area contributed by atoms with Crippen LogP contribution >= 0.6 is 11.8 Å². The summed E-state index contributed by atoms with van der Waals surface area (Å²) in [5.41, 5.74) is 0.485. The molecular formula is C14H13N3O5S. The fourth-order valence-electron chi connectivity index (χ4n) is 2.53. The van der Waals surface area contributed by atoms with Crippen molar-refractivity contribution in [3.8, 4) is 0 Å². The van der Waals surface area contributed by atoms with Gasteiger partial charge in [-0.2, -0.15) is 0 Å². The van der Waals surface area contributed by atoms with Crippen molar-refractivity contribution in [3.63, 3.8) is 0 Å². The Morgan fingerprint density at radius 3 is 2.70 bits per heavy atom. The molecule has 2 atom stereocenters. The lowest BCUT2D eigenvalue weighted by molar-refractivity contribution is -0.148. The molecule has 3 N–H and O–H groups in total.